The van der Waals surface area contributed by atoms with Gasteiger partial charge >= 0.3 is 0 Å². The van der Waals surface area contributed by atoms with Crippen LogP contribution in [0.4, 0.5) is 0 Å². The number of fused-ring (bicyclic) bond motifs is 1. The smallest absolute Gasteiger partial charge is 0.255 e. The van der Waals surface area contributed by atoms with Crippen LogP contribution < -0.4 is 0 Å². The molecular formula is C18H23N3O3. The molecule has 4 rings (SSSR count). The van der Waals surface area contributed by atoms with E-state index < -0.39 is 0 Å². The molecule has 1 amide bonds. The number of hydrogen-bond donors (Lipinski definition) is 0. The second-order valence-corrected chi connectivity index (χ2v) is 6.62. The predicted octanol–water partition coefficient (Wildman–Crippen LogP) is 1.99. The molecule has 24 heavy (non-hydrogen) atoms. The van der Waals surface area contributed by atoms with Crippen LogP contribution in [0.2, 0.25) is 0 Å². The zero-order valence-corrected chi connectivity index (χ0v) is 13.9. The number of carbonyl (C=O) groups is 1. The monoisotopic (exact) mass is 329 g/mol. The largest absolute Gasteiger partial charge is 0.381 e. The number of methoxy groups -OCH3 is 1. The quantitative estimate of drug-likeness (QED) is 0.864. The first-order valence-electron chi connectivity index (χ1n) is 8.62. The van der Waals surface area contributed by atoms with Crippen LogP contribution in [-0.2, 0) is 9.47 Å². The molecule has 0 N–H and O–H groups in total. The lowest BCUT2D eigenvalue weighted by atomic mass is 9.93. The van der Waals surface area contributed by atoms with Gasteiger partial charge in [0, 0.05) is 38.2 Å². The molecule has 3 heterocycles. The van der Waals surface area contributed by atoms with Gasteiger partial charge in [-0.2, -0.15) is 0 Å². The van der Waals surface area contributed by atoms with E-state index in [0.717, 1.165) is 24.9 Å². The molecule has 2 aromatic heterocycles. The van der Waals surface area contributed by atoms with Gasteiger partial charge in [-0.3, -0.25) is 4.79 Å². The van der Waals surface area contributed by atoms with Crippen molar-refractivity contribution in [3.05, 3.63) is 36.3 Å². The average molecular weight is 329 g/mol. The van der Waals surface area contributed by atoms with E-state index in [1.807, 2.05) is 33.8 Å². The summed E-state index contributed by atoms with van der Waals surface area (Å²) >= 11 is 0. The minimum atomic E-state index is 0.0700. The van der Waals surface area contributed by atoms with Crippen molar-refractivity contribution in [1.29, 1.82) is 0 Å². The molecule has 6 heteroatoms. The second kappa shape index (κ2) is 6.53. The van der Waals surface area contributed by atoms with Crippen molar-refractivity contribution in [2.24, 2.45) is 5.92 Å². The number of ether oxygens (including phenoxy) is 2. The summed E-state index contributed by atoms with van der Waals surface area (Å²) < 4.78 is 13.2. The number of amides is 1. The molecule has 0 bridgehead atoms. The number of hydrogen-bond acceptors (Lipinski definition) is 4. The van der Waals surface area contributed by atoms with E-state index >= 15 is 0 Å². The zero-order valence-electron chi connectivity index (χ0n) is 13.9. The molecule has 2 aromatic rings. The summed E-state index contributed by atoms with van der Waals surface area (Å²) in [6, 6.07) is 3.84. The van der Waals surface area contributed by atoms with Crippen LogP contribution in [0, 0.1) is 5.92 Å². The first-order valence-corrected chi connectivity index (χ1v) is 8.62. The van der Waals surface area contributed by atoms with Gasteiger partial charge in [0.2, 0.25) is 0 Å². The predicted molar refractivity (Wildman–Crippen MR) is 89.0 cm³/mol. The Bertz CT molecular complexity index is 729. The molecule has 128 valence electrons. The van der Waals surface area contributed by atoms with Crippen molar-refractivity contribution >= 4 is 11.6 Å². The Hall–Kier alpha value is -1.92. The van der Waals surface area contributed by atoms with Crippen LogP contribution in [0.5, 0.6) is 0 Å². The number of nitrogens with zero attached hydrogens (tertiary/aromatic N) is 3. The maximum absolute atomic E-state index is 13.1. The molecule has 0 spiro atoms. The topological polar surface area (TPSA) is 56.1 Å². The van der Waals surface area contributed by atoms with Crippen LogP contribution >= 0.6 is 0 Å². The number of imidazole rings is 1. The van der Waals surface area contributed by atoms with Gasteiger partial charge in [0.05, 0.1) is 30.9 Å². The summed E-state index contributed by atoms with van der Waals surface area (Å²) in [7, 11) is 1.77. The van der Waals surface area contributed by atoms with Gasteiger partial charge < -0.3 is 18.8 Å². The summed E-state index contributed by atoms with van der Waals surface area (Å²) in [5.74, 6) is 0.428. The Labute approximate surface area is 141 Å². The van der Waals surface area contributed by atoms with Crippen molar-refractivity contribution in [1.82, 2.24) is 14.3 Å². The standard InChI is InChI=1S/C18H23N3O3/c1-23-16-4-2-3-14(16)15-12-24-10-9-21(15)18(22)13-5-6-17-19-7-8-20(17)11-13/h5-8,11,14-16H,2-4,9-10,12H2,1H3. The van der Waals surface area contributed by atoms with Crippen LogP contribution in [0.1, 0.15) is 29.6 Å². The van der Waals surface area contributed by atoms with Gasteiger partial charge in [-0.15, -0.1) is 0 Å². The lowest BCUT2D eigenvalue weighted by Gasteiger charge is -2.40. The van der Waals surface area contributed by atoms with E-state index in [-0.39, 0.29) is 18.1 Å². The fourth-order valence-electron chi connectivity index (χ4n) is 4.13. The average Bonchev–Trinajstić information content (AvgIpc) is 3.29. The molecule has 1 aliphatic carbocycles. The van der Waals surface area contributed by atoms with E-state index in [4.69, 9.17) is 9.47 Å². The Morgan fingerprint density at radius 3 is 3.17 bits per heavy atom. The SMILES string of the molecule is COC1CCCC1C1COCCN1C(=O)c1ccc2nccn2c1. The lowest BCUT2D eigenvalue weighted by Crippen LogP contribution is -2.53. The van der Waals surface area contributed by atoms with Crippen LogP contribution in [-0.4, -0.2) is 59.2 Å². The van der Waals surface area contributed by atoms with Crippen molar-refractivity contribution in [2.75, 3.05) is 26.9 Å². The number of morpholine rings is 1. The van der Waals surface area contributed by atoms with Crippen LogP contribution in [0.15, 0.2) is 30.7 Å². The Morgan fingerprint density at radius 2 is 2.29 bits per heavy atom. The highest BCUT2D eigenvalue weighted by atomic mass is 16.5. The highest BCUT2D eigenvalue weighted by Crippen LogP contribution is 2.34. The van der Waals surface area contributed by atoms with E-state index in [2.05, 4.69) is 4.98 Å². The number of aromatic nitrogens is 2. The summed E-state index contributed by atoms with van der Waals surface area (Å²) in [5, 5.41) is 0. The summed E-state index contributed by atoms with van der Waals surface area (Å²) in [5.41, 5.74) is 1.54. The van der Waals surface area contributed by atoms with Crippen LogP contribution in [0.25, 0.3) is 5.65 Å². The van der Waals surface area contributed by atoms with E-state index in [9.17, 15) is 4.79 Å². The fourth-order valence-corrected chi connectivity index (χ4v) is 4.13. The minimum absolute atomic E-state index is 0.0700. The number of carbonyl (C=O) groups excluding carboxylic acids is 1. The van der Waals surface area contributed by atoms with Crippen molar-refractivity contribution in [3.63, 3.8) is 0 Å². The van der Waals surface area contributed by atoms with Gasteiger partial charge in [0.25, 0.3) is 5.91 Å². The Morgan fingerprint density at radius 1 is 1.38 bits per heavy atom. The molecular weight excluding hydrogens is 306 g/mol. The van der Waals surface area contributed by atoms with E-state index in [1.165, 1.54) is 0 Å². The normalized spacial score (nSPS) is 27.7. The van der Waals surface area contributed by atoms with E-state index in [0.29, 0.717) is 31.2 Å². The third kappa shape index (κ3) is 2.70. The maximum Gasteiger partial charge on any atom is 0.255 e. The molecule has 6 nitrogen and oxygen atoms in total. The molecule has 1 saturated heterocycles. The molecule has 1 aliphatic heterocycles. The lowest BCUT2D eigenvalue weighted by molar-refractivity contribution is -0.0460. The van der Waals surface area contributed by atoms with Gasteiger partial charge in [0.15, 0.2) is 0 Å². The van der Waals surface area contributed by atoms with Crippen molar-refractivity contribution in [2.45, 2.75) is 31.4 Å². The van der Waals surface area contributed by atoms with Gasteiger partial charge in [-0.1, -0.05) is 6.42 Å². The maximum atomic E-state index is 13.1. The Balaban J connectivity index is 1.60. The highest BCUT2D eigenvalue weighted by molar-refractivity contribution is 5.94. The first kappa shape index (κ1) is 15.6. The van der Waals surface area contributed by atoms with Crippen molar-refractivity contribution in [3.8, 4) is 0 Å². The third-order valence-electron chi connectivity index (χ3n) is 5.36. The number of pyridine rings is 1. The van der Waals surface area contributed by atoms with Crippen molar-refractivity contribution < 1.29 is 14.3 Å². The molecule has 3 unspecified atom stereocenters. The minimum Gasteiger partial charge on any atom is -0.381 e. The molecule has 2 fully saturated rings. The molecule has 3 atom stereocenters. The summed E-state index contributed by atoms with van der Waals surface area (Å²) in [6.45, 7) is 1.84. The van der Waals surface area contributed by atoms with Gasteiger partial charge in [-0.25, -0.2) is 4.98 Å². The Kier molecular flexibility index (Phi) is 4.24. The van der Waals surface area contributed by atoms with Crippen LogP contribution in [0.3, 0.4) is 0 Å². The summed E-state index contributed by atoms with van der Waals surface area (Å²) in [4.78, 5) is 19.3. The molecule has 1 saturated carbocycles. The molecule has 0 aromatic carbocycles. The fraction of sp³-hybridized carbons (Fsp3) is 0.556. The van der Waals surface area contributed by atoms with E-state index in [1.54, 1.807) is 13.3 Å². The third-order valence-corrected chi connectivity index (χ3v) is 5.36. The molecule has 0 radical (unpaired) electrons. The zero-order chi connectivity index (χ0) is 16.5. The van der Waals surface area contributed by atoms with Gasteiger partial charge in [0.1, 0.15) is 5.65 Å². The second-order valence-electron chi connectivity index (χ2n) is 6.62. The highest BCUT2D eigenvalue weighted by Gasteiger charge is 2.40. The summed E-state index contributed by atoms with van der Waals surface area (Å²) in [6.07, 6.45) is 9.01. The first-order chi connectivity index (χ1) is 11.8. The van der Waals surface area contributed by atoms with Gasteiger partial charge in [-0.05, 0) is 25.0 Å². The number of rotatable bonds is 3. The molecule has 2 aliphatic rings.